The van der Waals surface area contributed by atoms with Crippen molar-refractivity contribution in [2.75, 3.05) is 0 Å². The van der Waals surface area contributed by atoms with Crippen LogP contribution in [-0.4, -0.2) is 26.9 Å². The van der Waals surface area contributed by atoms with Gasteiger partial charge in [0, 0.05) is 18.2 Å². The van der Waals surface area contributed by atoms with Gasteiger partial charge in [0.05, 0.1) is 0 Å². The van der Waals surface area contributed by atoms with E-state index in [4.69, 9.17) is 5.11 Å². The number of carboxylic acids is 1. The van der Waals surface area contributed by atoms with E-state index in [1.165, 1.54) is 6.92 Å². The normalized spacial score (nSPS) is 9.93. The third-order valence-corrected chi connectivity index (χ3v) is 1.74. The first kappa shape index (κ1) is 11.0. The average Bonchev–Trinajstić information content (AvgIpc) is 1.99. The van der Waals surface area contributed by atoms with E-state index in [1.54, 1.807) is 0 Å². The molecule has 0 atom stereocenters. The topological polar surface area (TPSA) is 107 Å². The second kappa shape index (κ2) is 3.95. The smallest absolute Gasteiger partial charge is 0.341 e. The van der Waals surface area contributed by atoms with Crippen molar-refractivity contribution in [3.63, 3.8) is 0 Å². The Hall–Kier alpha value is -2.11. The molecule has 0 amide bonds. The number of hydrogen-bond acceptors (Lipinski definition) is 4. The van der Waals surface area contributed by atoms with E-state index < -0.39 is 22.8 Å². The van der Waals surface area contributed by atoms with Crippen molar-refractivity contribution in [2.24, 2.45) is 0 Å². The monoisotopic (exact) mass is 211 g/mol. The molecule has 0 radical (unpaired) electrons. The Labute approximate surface area is 84.2 Å². The molecule has 0 aliphatic rings. The minimum atomic E-state index is -1.39. The van der Waals surface area contributed by atoms with E-state index in [1.807, 2.05) is 0 Å². The van der Waals surface area contributed by atoms with Gasteiger partial charge in [0.15, 0.2) is 0 Å². The molecule has 3 N–H and O–H groups in total. The van der Waals surface area contributed by atoms with Gasteiger partial charge in [-0.2, -0.15) is 0 Å². The molecule has 6 nitrogen and oxygen atoms in total. The summed E-state index contributed by atoms with van der Waals surface area (Å²) in [5.74, 6) is -2.33. The van der Waals surface area contributed by atoms with Crippen LogP contribution < -0.4 is 5.56 Å². The number of carbonyl (C=O) groups excluding carboxylic acids is 1. The second-order valence-corrected chi connectivity index (χ2v) is 3.06. The zero-order chi connectivity index (χ0) is 11.6. The fourth-order valence-electron chi connectivity index (χ4n) is 1.22. The third-order valence-electron chi connectivity index (χ3n) is 1.74. The van der Waals surface area contributed by atoms with Gasteiger partial charge < -0.3 is 15.2 Å². The molecule has 0 aliphatic heterocycles. The van der Waals surface area contributed by atoms with Gasteiger partial charge in [-0.05, 0) is 6.92 Å². The van der Waals surface area contributed by atoms with E-state index in [9.17, 15) is 19.5 Å². The van der Waals surface area contributed by atoms with Crippen molar-refractivity contribution in [1.82, 2.24) is 4.98 Å². The Morgan fingerprint density at radius 2 is 2.07 bits per heavy atom. The number of rotatable bonds is 3. The Kier molecular flexibility index (Phi) is 2.89. The molecule has 0 spiro atoms. The van der Waals surface area contributed by atoms with Gasteiger partial charge in [-0.1, -0.05) is 0 Å². The molecule has 1 aromatic heterocycles. The molecule has 1 rings (SSSR count). The number of hydrogen-bond donors (Lipinski definition) is 3. The van der Waals surface area contributed by atoms with Crippen LogP contribution in [0.15, 0.2) is 10.9 Å². The number of H-pyrrole nitrogens is 1. The van der Waals surface area contributed by atoms with Gasteiger partial charge in [-0.15, -0.1) is 0 Å². The summed E-state index contributed by atoms with van der Waals surface area (Å²) in [7, 11) is 0. The van der Waals surface area contributed by atoms with Gasteiger partial charge in [0.1, 0.15) is 17.1 Å². The van der Waals surface area contributed by atoms with Crippen LogP contribution in [0.2, 0.25) is 0 Å². The number of pyridine rings is 1. The molecular weight excluding hydrogens is 202 g/mol. The lowest BCUT2D eigenvalue weighted by Gasteiger charge is -2.05. The maximum atomic E-state index is 10.9. The van der Waals surface area contributed by atoms with Crippen molar-refractivity contribution < 1.29 is 19.8 Å². The summed E-state index contributed by atoms with van der Waals surface area (Å²) in [4.78, 5) is 34.7. The maximum absolute atomic E-state index is 10.9. The third kappa shape index (κ3) is 2.43. The molecule has 0 aliphatic carbocycles. The number of aromatic carboxylic acids is 1. The zero-order valence-corrected chi connectivity index (χ0v) is 7.90. The molecule has 0 bridgehead atoms. The van der Waals surface area contributed by atoms with Gasteiger partial charge in [0.2, 0.25) is 0 Å². The number of carboxylic acid groups (broad SMARTS) is 1. The number of aromatic amines is 1. The number of nitrogens with one attached hydrogen (secondary N) is 1. The molecule has 0 saturated heterocycles. The minimum absolute atomic E-state index is 0.0833. The molecule has 0 fully saturated rings. The summed E-state index contributed by atoms with van der Waals surface area (Å²) in [6.07, 6.45) is -0.231. The summed E-state index contributed by atoms with van der Waals surface area (Å²) < 4.78 is 0. The van der Waals surface area contributed by atoms with Crippen LogP contribution in [0.4, 0.5) is 0 Å². The van der Waals surface area contributed by atoms with Crippen LogP contribution in [0.1, 0.15) is 23.0 Å². The molecule has 15 heavy (non-hydrogen) atoms. The highest BCUT2D eigenvalue weighted by atomic mass is 16.4. The number of carbonyl (C=O) groups is 2. The number of aromatic hydroxyl groups is 1. The lowest BCUT2D eigenvalue weighted by atomic mass is 10.1. The highest BCUT2D eigenvalue weighted by Gasteiger charge is 2.17. The van der Waals surface area contributed by atoms with E-state index in [2.05, 4.69) is 4.98 Å². The summed E-state index contributed by atoms with van der Waals surface area (Å²) in [6.45, 7) is 1.26. The summed E-state index contributed by atoms with van der Waals surface area (Å²) in [5, 5.41) is 18.0. The molecule has 80 valence electrons. The minimum Gasteiger partial charge on any atom is -0.507 e. The van der Waals surface area contributed by atoms with Gasteiger partial charge in [0.25, 0.3) is 5.56 Å². The molecule has 0 saturated carbocycles. The van der Waals surface area contributed by atoms with E-state index in [0.717, 1.165) is 6.07 Å². The first-order valence-corrected chi connectivity index (χ1v) is 4.09. The van der Waals surface area contributed by atoms with Gasteiger partial charge in [-0.3, -0.25) is 9.59 Å². The predicted molar refractivity (Wildman–Crippen MR) is 50.1 cm³/mol. The SMILES string of the molecule is CC(=O)Cc1[nH]c(=O)cc(O)c1C(=O)O. The average molecular weight is 211 g/mol. The van der Waals surface area contributed by atoms with Gasteiger partial charge in [-0.25, -0.2) is 4.79 Å². The first-order valence-electron chi connectivity index (χ1n) is 4.09. The highest BCUT2D eigenvalue weighted by Crippen LogP contribution is 2.17. The molecular formula is C9H9NO5. The van der Waals surface area contributed by atoms with Crippen molar-refractivity contribution in [3.8, 4) is 5.75 Å². The molecule has 1 heterocycles. The maximum Gasteiger partial charge on any atom is 0.341 e. The second-order valence-electron chi connectivity index (χ2n) is 3.06. The van der Waals surface area contributed by atoms with Crippen LogP contribution in [0.5, 0.6) is 5.75 Å². The quantitative estimate of drug-likeness (QED) is 0.647. The lowest BCUT2D eigenvalue weighted by molar-refractivity contribution is -0.116. The molecule has 1 aromatic rings. The highest BCUT2D eigenvalue weighted by molar-refractivity contribution is 5.93. The first-order chi connectivity index (χ1) is 6.91. The molecule has 0 unspecified atom stereocenters. The van der Waals surface area contributed by atoms with E-state index in [0.29, 0.717) is 0 Å². The Morgan fingerprint density at radius 1 is 1.47 bits per heavy atom. The predicted octanol–water partition coefficient (Wildman–Crippen LogP) is -0.0898. The van der Waals surface area contributed by atoms with E-state index in [-0.39, 0.29) is 17.9 Å². The number of Topliss-reactive ketones (excluding diaryl/α,β-unsaturated/α-hetero) is 1. The standard InChI is InChI=1S/C9H9NO5/c1-4(11)2-5-8(9(14)15)6(12)3-7(13)10-5/h3H,2H2,1H3,(H,14,15)(H2,10,12,13). The summed E-state index contributed by atoms with van der Waals surface area (Å²) >= 11 is 0. The number of aromatic nitrogens is 1. The molecule has 6 heteroatoms. The zero-order valence-electron chi connectivity index (χ0n) is 7.90. The van der Waals surface area contributed by atoms with E-state index >= 15 is 0 Å². The summed E-state index contributed by atoms with van der Waals surface area (Å²) in [6, 6.07) is 0.757. The van der Waals surface area contributed by atoms with Crippen molar-refractivity contribution in [3.05, 3.63) is 27.7 Å². The summed E-state index contributed by atoms with van der Waals surface area (Å²) in [5.41, 5.74) is -1.17. The Bertz CT molecular complexity index is 474. The van der Waals surface area contributed by atoms with Crippen LogP contribution in [0, 0.1) is 0 Å². The molecule has 0 aromatic carbocycles. The van der Waals surface area contributed by atoms with Crippen molar-refractivity contribution in [1.29, 1.82) is 0 Å². The van der Waals surface area contributed by atoms with Crippen molar-refractivity contribution in [2.45, 2.75) is 13.3 Å². The van der Waals surface area contributed by atoms with Gasteiger partial charge >= 0.3 is 5.97 Å². The lowest BCUT2D eigenvalue weighted by Crippen LogP contribution is -2.16. The Balaban J connectivity index is 3.39. The largest absolute Gasteiger partial charge is 0.507 e. The van der Waals surface area contributed by atoms with Crippen LogP contribution in [-0.2, 0) is 11.2 Å². The van der Waals surface area contributed by atoms with Crippen LogP contribution in [0.3, 0.4) is 0 Å². The fourth-order valence-corrected chi connectivity index (χ4v) is 1.22. The van der Waals surface area contributed by atoms with Crippen LogP contribution >= 0.6 is 0 Å². The number of ketones is 1. The van der Waals surface area contributed by atoms with Crippen LogP contribution in [0.25, 0.3) is 0 Å². The van der Waals surface area contributed by atoms with Crippen molar-refractivity contribution >= 4 is 11.8 Å². The Morgan fingerprint density at radius 3 is 2.53 bits per heavy atom. The fraction of sp³-hybridized carbons (Fsp3) is 0.222.